The molecule has 10 nitrogen and oxygen atoms in total. The normalized spacial score (nSPS) is 20.0. The smallest absolute Gasteiger partial charge is 0.295 e. The molecule has 1 amide bonds. The molecule has 196 valence electrons. The minimum absolute atomic E-state index is 0.0314. The Morgan fingerprint density at radius 3 is 2.49 bits per heavy atom. The first-order chi connectivity index (χ1) is 17.8. The number of benzene rings is 2. The number of nitro groups is 1. The standard InChI is InChI=1S/C27H31N3O7/c1-18(2)37-22-9-7-19(8-10-22)25(31)23-24(20-5-3-6-21(17-20)30(34)35)29(27(33)26(23)32)12-4-11-28-13-15-36-16-14-28/h3,5-10,17-18,24,31H,4,11-16H2,1-2H3/b25-23-. The molecule has 0 aromatic heterocycles. The predicted octanol–water partition coefficient (Wildman–Crippen LogP) is 3.53. The molecule has 2 aliphatic rings. The van der Waals surface area contributed by atoms with Gasteiger partial charge in [-0.2, -0.15) is 0 Å². The van der Waals surface area contributed by atoms with E-state index in [-0.39, 0.29) is 29.7 Å². The highest BCUT2D eigenvalue weighted by atomic mass is 16.6. The Balaban J connectivity index is 1.69. The number of carbonyl (C=O) groups is 2. The second kappa shape index (κ2) is 11.5. The van der Waals surface area contributed by atoms with Gasteiger partial charge in [-0.1, -0.05) is 12.1 Å². The fraction of sp³-hybridized carbons (Fsp3) is 0.407. The van der Waals surface area contributed by atoms with Crippen LogP contribution in [-0.4, -0.2) is 77.0 Å². The van der Waals surface area contributed by atoms with Gasteiger partial charge in [-0.05, 0) is 50.1 Å². The monoisotopic (exact) mass is 509 g/mol. The van der Waals surface area contributed by atoms with Gasteiger partial charge >= 0.3 is 0 Å². The number of rotatable bonds is 9. The molecule has 0 spiro atoms. The van der Waals surface area contributed by atoms with Gasteiger partial charge in [-0.15, -0.1) is 0 Å². The maximum atomic E-state index is 13.2. The first kappa shape index (κ1) is 26.3. The molecular formula is C27H31N3O7. The van der Waals surface area contributed by atoms with Crippen LogP contribution >= 0.6 is 0 Å². The number of hydrogen-bond acceptors (Lipinski definition) is 8. The van der Waals surface area contributed by atoms with Gasteiger partial charge in [-0.3, -0.25) is 24.6 Å². The number of nitro benzene ring substituents is 1. The molecule has 2 aliphatic heterocycles. The molecule has 10 heteroatoms. The zero-order valence-corrected chi connectivity index (χ0v) is 21.0. The molecular weight excluding hydrogens is 478 g/mol. The number of aliphatic hydroxyl groups excluding tert-OH is 1. The minimum Gasteiger partial charge on any atom is -0.507 e. The molecule has 1 N–H and O–H groups in total. The summed E-state index contributed by atoms with van der Waals surface area (Å²) in [7, 11) is 0. The number of aliphatic hydroxyl groups is 1. The number of amides is 1. The van der Waals surface area contributed by atoms with Crippen LogP contribution in [0.2, 0.25) is 0 Å². The average Bonchev–Trinajstić information content (AvgIpc) is 3.14. The van der Waals surface area contributed by atoms with E-state index in [2.05, 4.69) is 4.90 Å². The van der Waals surface area contributed by atoms with Crippen molar-refractivity contribution in [2.24, 2.45) is 0 Å². The van der Waals surface area contributed by atoms with Crippen LogP contribution in [0.1, 0.15) is 37.4 Å². The van der Waals surface area contributed by atoms with Crippen LogP contribution in [0.4, 0.5) is 5.69 Å². The Morgan fingerprint density at radius 1 is 1.14 bits per heavy atom. The van der Waals surface area contributed by atoms with E-state index in [1.807, 2.05) is 13.8 Å². The zero-order chi connectivity index (χ0) is 26.5. The number of nitrogens with zero attached hydrogens (tertiary/aromatic N) is 3. The van der Waals surface area contributed by atoms with Crippen molar-refractivity contribution < 1.29 is 29.1 Å². The summed E-state index contributed by atoms with van der Waals surface area (Å²) in [6.45, 7) is 7.66. The lowest BCUT2D eigenvalue weighted by atomic mass is 9.95. The lowest BCUT2D eigenvalue weighted by Crippen LogP contribution is -2.39. The first-order valence-corrected chi connectivity index (χ1v) is 12.4. The van der Waals surface area contributed by atoms with Crippen molar-refractivity contribution in [1.29, 1.82) is 0 Å². The van der Waals surface area contributed by atoms with Crippen molar-refractivity contribution in [3.8, 4) is 5.75 Å². The van der Waals surface area contributed by atoms with Crippen LogP contribution in [0.15, 0.2) is 54.1 Å². The summed E-state index contributed by atoms with van der Waals surface area (Å²) >= 11 is 0. The number of carbonyl (C=O) groups excluding carboxylic acids is 2. The van der Waals surface area contributed by atoms with Crippen LogP contribution < -0.4 is 4.74 Å². The lowest BCUT2D eigenvalue weighted by Gasteiger charge is -2.29. The van der Waals surface area contributed by atoms with Crippen LogP contribution in [0.25, 0.3) is 5.76 Å². The summed E-state index contributed by atoms with van der Waals surface area (Å²) in [6.07, 6.45) is 0.566. The number of Topliss-reactive ketones (excluding diaryl/α,β-unsaturated/α-hetero) is 1. The van der Waals surface area contributed by atoms with E-state index in [0.717, 1.165) is 13.1 Å². The van der Waals surface area contributed by atoms with Crippen LogP contribution in [0.5, 0.6) is 5.75 Å². The van der Waals surface area contributed by atoms with Crippen LogP contribution in [-0.2, 0) is 14.3 Å². The van der Waals surface area contributed by atoms with E-state index in [1.165, 1.54) is 23.1 Å². The second-order valence-corrected chi connectivity index (χ2v) is 9.34. The quantitative estimate of drug-likeness (QED) is 0.179. The number of ether oxygens (including phenoxy) is 2. The minimum atomic E-state index is -0.948. The zero-order valence-electron chi connectivity index (χ0n) is 21.0. The highest BCUT2D eigenvalue weighted by Crippen LogP contribution is 2.40. The van der Waals surface area contributed by atoms with Gasteiger partial charge in [-0.25, -0.2) is 0 Å². The Hall–Kier alpha value is -3.76. The maximum Gasteiger partial charge on any atom is 0.295 e. The third kappa shape index (κ3) is 5.98. The predicted molar refractivity (Wildman–Crippen MR) is 136 cm³/mol. The van der Waals surface area contributed by atoms with E-state index in [4.69, 9.17) is 9.47 Å². The molecule has 2 fully saturated rings. The molecule has 2 saturated heterocycles. The summed E-state index contributed by atoms with van der Waals surface area (Å²) in [6, 6.07) is 11.5. The molecule has 1 unspecified atom stereocenters. The fourth-order valence-corrected chi connectivity index (χ4v) is 4.67. The van der Waals surface area contributed by atoms with Crippen molar-refractivity contribution in [2.45, 2.75) is 32.4 Å². The van der Waals surface area contributed by atoms with E-state index in [9.17, 15) is 24.8 Å². The van der Waals surface area contributed by atoms with Crippen molar-refractivity contribution in [2.75, 3.05) is 39.4 Å². The fourth-order valence-electron chi connectivity index (χ4n) is 4.67. The first-order valence-electron chi connectivity index (χ1n) is 12.4. The topological polar surface area (TPSA) is 122 Å². The molecule has 37 heavy (non-hydrogen) atoms. The Labute approximate surface area is 215 Å². The SMILES string of the molecule is CC(C)Oc1ccc(/C(O)=C2/C(=O)C(=O)N(CCCN3CCOCC3)C2c2cccc([N+](=O)[O-])c2)cc1. The Morgan fingerprint density at radius 2 is 1.84 bits per heavy atom. The van der Waals surface area contributed by atoms with E-state index >= 15 is 0 Å². The van der Waals surface area contributed by atoms with Crippen molar-refractivity contribution in [3.05, 3.63) is 75.3 Å². The summed E-state index contributed by atoms with van der Waals surface area (Å²) in [5.74, 6) is -1.28. The van der Waals surface area contributed by atoms with Gasteiger partial charge in [0, 0.05) is 43.9 Å². The van der Waals surface area contributed by atoms with Crippen molar-refractivity contribution in [3.63, 3.8) is 0 Å². The molecule has 0 aliphatic carbocycles. The number of morpholine rings is 1. The Kier molecular flexibility index (Phi) is 8.20. The second-order valence-electron chi connectivity index (χ2n) is 9.34. The third-order valence-corrected chi connectivity index (χ3v) is 6.41. The molecule has 2 aromatic rings. The number of likely N-dealkylation sites (tertiary alicyclic amines) is 1. The Bertz CT molecular complexity index is 1190. The van der Waals surface area contributed by atoms with Crippen LogP contribution in [0.3, 0.4) is 0 Å². The largest absolute Gasteiger partial charge is 0.507 e. The molecule has 0 bridgehead atoms. The molecule has 1 atom stereocenters. The number of ketones is 1. The molecule has 0 saturated carbocycles. The van der Waals surface area contributed by atoms with E-state index in [0.29, 0.717) is 43.1 Å². The molecule has 2 aromatic carbocycles. The molecule has 2 heterocycles. The van der Waals surface area contributed by atoms with Crippen molar-refractivity contribution >= 4 is 23.1 Å². The van der Waals surface area contributed by atoms with Gasteiger partial charge in [0.1, 0.15) is 11.5 Å². The summed E-state index contributed by atoms with van der Waals surface area (Å²) in [5.41, 5.74) is 0.486. The highest BCUT2D eigenvalue weighted by molar-refractivity contribution is 6.46. The van der Waals surface area contributed by atoms with E-state index < -0.39 is 22.7 Å². The van der Waals surface area contributed by atoms with Gasteiger partial charge in [0.05, 0.1) is 35.9 Å². The maximum absolute atomic E-state index is 13.2. The summed E-state index contributed by atoms with van der Waals surface area (Å²) < 4.78 is 11.0. The van der Waals surface area contributed by atoms with Crippen molar-refractivity contribution in [1.82, 2.24) is 9.80 Å². The van der Waals surface area contributed by atoms with Gasteiger partial charge < -0.3 is 19.5 Å². The highest BCUT2D eigenvalue weighted by Gasteiger charge is 2.46. The van der Waals surface area contributed by atoms with Crippen LogP contribution in [0, 0.1) is 10.1 Å². The van der Waals surface area contributed by atoms with E-state index in [1.54, 1.807) is 30.3 Å². The average molecular weight is 510 g/mol. The molecule has 4 rings (SSSR count). The third-order valence-electron chi connectivity index (χ3n) is 6.41. The van der Waals surface area contributed by atoms with Gasteiger partial charge in [0.25, 0.3) is 17.4 Å². The molecule has 0 radical (unpaired) electrons. The number of non-ortho nitro benzene ring substituents is 1. The van der Waals surface area contributed by atoms with Gasteiger partial charge in [0.15, 0.2) is 0 Å². The summed E-state index contributed by atoms with van der Waals surface area (Å²) in [5, 5.41) is 22.7. The summed E-state index contributed by atoms with van der Waals surface area (Å²) in [4.78, 5) is 40.9. The number of hydrogen-bond donors (Lipinski definition) is 1. The van der Waals surface area contributed by atoms with Gasteiger partial charge in [0.2, 0.25) is 0 Å². The lowest BCUT2D eigenvalue weighted by molar-refractivity contribution is -0.384.